The Morgan fingerprint density at radius 2 is 1.76 bits per heavy atom. The zero-order valence-corrected chi connectivity index (χ0v) is 19.3. The highest BCUT2D eigenvalue weighted by Gasteiger charge is 2.15. The van der Waals surface area contributed by atoms with Gasteiger partial charge in [-0.2, -0.15) is 5.10 Å². The molecule has 170 valence electrons. The van der Waals surface area contributed by atoms with Crippen LogP contribution in [0, 0.1) is 17.0 Å². The topological polar surface area (TPSA) is 91.2 Å². The summed E-state index contributed by atoms with van der Waals surface area (Å²) in [5, 5.41) is 17.9. The summed E-state index contributed by atoms with van der Waals surface area (Å²) in [6.07, 6.45) is 0. The molecule has 0 unspecified atom stereocenters. The first-order valence-electron chi connectivity index (χ1n) is 10.5. The predicted molar refractivity (Wildman–Crippen MR) is 131 cm³/mol. The number of fused-ring (bicyclic) bond motifs is 1. The highest BCUT2D eigenvalue weighted by molar-refractivity contribution is 7.07. The van der Waals surface area contributed by atoms with Crippen molar-refractivity contribution in [3.8, 4) is 22.8 Å². The fraction of sp³-hybridized carbons (Fsp3) is 0.120. The third-order valence-corrected chi connectivity index (χ3v) is 6.17. The van der Waals surface area contributed by atoms with Gasteiger partial charge in [-0.1, -0.05) is 17.7 Å². The van der Waals surface area contributed by atoms with Crippen LogP contribution in [0.4, 0.5) is 11.4 Å². The van der Waals surface area contributed by atoms with Gasteiger partial charge in [-0.3, -0.25) is 10.1 Å². The average molecular weight is 473 g/mol. The van der Waals surface area contributed by atoms with E-state index in [0.29, 0.717) is 16.3 Å². The average Bonchev–Trinajstić information content (AvgIpc) is 3.47. The van der Waals surface area contributed by atoms with Gasteiger partial charge in [0.2, 0.25) is 11.6 Å². The van der Waals surface area contributed by atoms with E-state index in [1.807, 2.05) is 61.7 Å². The Hall–Kier alpha value is -4.24. The second-order valence-corrected chi connectivity index (χ2v) is 8.56. The molecule has 34 heavy (non-hydrogen) atoms. The van der Waals surface area contributed by atoms with Crippen LogP contribution >= 0.6 is 11.3 Å². The van der Waals surface area contributed by atoms with Crippen LogP contribution in [0.3, 0.4) is 0 Å². The van der Waals surface area contributed by atoms with E-state index in [2.05, 4.69) is 0 Å². The van der Waals surface area contributed by atoms with Gasteiger partial charge >= 0.3 is 0 Å². The van der Waals surface area contributed by atoms with Crippen molar-refractivity contribution >= 4 is 28.4 Å². The van der Waals surface area contributed by atoms with Crippen molar-refractivity contribution in [2.75, 3.05) is 6.79 Å². The Labute approximate surface area is 199 Å². The number of thiazole rings is 1. The number of benzene rings is 3. The normalized spacial score (nSPS) is 13.4. The van der Waals surface area contributed by atoms with Gasteiger partial charge in [0.25, 0.3) is 5.69 Å². The molecular formula is C25H20N4O4S. The maximum Gasteiger partial charge on any atom is 0.269 e. The van der Waals surface area contributed by atoms with Crippen LogP contribution in [0.5, 0.6) is 11.5 Å². The van der Waals surface area contributed by atoms with E-state index in [1.165, 1.54) is 23.5 Å². The summed E-state index contributed by atoms with van der Waals surface area (Å²) in [5.41, 5.74) is 5.23. The van der Waals surface area contributed by atoms with E-state index in [1.54, 1.807) is 16.8 Å². The molecule has 9 heteroatoms. The number of hydrogen-bond acceptors (Lipinski definition) is 7. The van der Waals surface area contributed by atoms with Gasteiger partial charge in [0.05, 0.1) is 22.0 Å². The van der Waals surface area contributed by atoms with E-state index < -0.39 is 4.92 Å². The van der Waals surface area contributed by atoms with Gasteiger partial charge in [-0.05, 0) is 56.3 Å². The molecule has 0 spiro atoms. The van der Waals surface area contributed by atoms with Gasteiger partial charge in [-0.15, -0.1) is 11.3 Å². The van der Waals surface area contributed by atoms with Crippen molar-refractivity contribution in [1.29, 1.82) is 0 Å². The molecule has 0 saturated heterocycles. The summed E-state index contributed by atoms with van der Waals surface area (Å²) < 4.78 is 12.7. The van der Waals surface area contributed by atoms with Crippen LogP contribution < -0.4 is 14.3 Å². The molecular weight excluding hydrogens is 452 g/mol. The summed E-state index contributed by atoms with van der Waals surface area (Å²) in [6.45, 7) is 4.15. The minimum atomic E-state index is -0.411. The summed E-state index contributed by atoms with van der Waals surface area (Å²) in [5.74, 6) is 1.39. The first-order valence-corrected chi connectivity index (χ1v) is 11.4. The molecule has 1 aromatic heterocycles. The predicted octanol–water partition coefficient (Wildman–Crippen LogP) is 5.67. The van der Waals surface area contributed by atoms with Gasteiger partial charge in [0.1, 0.15) is 0 Å². The Balaban J connectivity index is 1.63. The minimum Gasteiger partial charge on any atom is -0.454 e. The second-order valence-electron chi connectivity index (χ2n) is 7.72. The first-order chi connectivity index (χ1) is 16.5. The minimum absolute atomic E-state index is 0.0372. The zero-order chi connectivity index (χ0) is 23.7. The lowest BCUT2D eigenvalue weighted by molar-refractivity contribution is -0.384. The monoisotopic (exact) mass is 472 g/mol. The van der Waals surface area contributed by atoms with Crippen LogP contribution in [-0.2, 0) is 0 Å². The molecule has 0 amide bonds. The number of nitro benzene ring substituents is 1. The summed E-state index contributed by atoms with van der Waals surface area (Å²) in [7, 11) is 0. The Kier molecular flexibility index (Phi) is 5.69. The van der Waals surface area contributed by atoms with Crippen LogP contribution in [0.1, 0.15) is 18.1 Å². The van der Waals surface area contributed by atoms with E-state index in [0.717, 1.165) is 33.8 Å². The fourth-order valence-corrected chi connectivity index (χ4v) is 4.34. The lowest BCUT2D eigenvalue weighted by Gasteiger charge is -2.07. The Morgan fingerprint density at radius 3 is 2.50 bits per heavy atom. The number of nitrogens with zero attached hydrogens (tertiary/aromatic N) is 4. The maximum absolute atomic E-state index is 11.1. The number of rotatable bonds is 5. The number of ether oxygens (including phenoxy) is 2. The van der Waals surface area contributed by atoms with Crippen LogP contribution in [0.2, 0.25) is 0 Å². The zero-order valence-electron chi connectivity index (χ0n) is 18.5. The standard InChI is InChI=1S/C25H20N4O4S/c1-16-3-8-20(9-4-16)26-25-28(22(14-34-25)18-5-10-21(11-6-18)29(30)31)27-17(2)19-7-12-23-24(13-19)33-15-32-23/h3-14H,15H2,1-2H3. The van der Waals surface area contributed by atoms with Crippen molar-refractivity contribution in [2.24, 2.45) is 10.1 Å². The SMILES string of the molecule is CC(=Nn1c(-c2ccc([N+](=O)[O-])cc2)csc1=Nc1ccc(C)cc1)c1ccc2c(c1)OCO2. The molecule has 0 aliphatic carbocycles. The van der Waals surface area contributed by atoms with Gasteiger partial charge in [0, 0.05) is 28.6 Å². The molecule has 1 aliphatic heterocycles. The first kappa shape index (κ1) is 21.6. The molecule has 0 radical (unpaired) electrons. The molecule has 5 rings (SSSR count). The van der Waals surface area contributed by atoms with E-state index in [9.17, 15) is 10.1 Å². The third kappa shape index (κ3) is 4.33. The summed E-state index contributed by atoms with van der Waals surface area (Å²) >= 11 is 1.45. The van der Waals surface area contributed by atoms with Crippen LogP contribution in [0.25, 0.3) is 11.3 Å². The molecule has 8 nitrogen and oxygen atoms in total. The second kappa shape index (κ2) is 8.95. The van der Waals surface area contributed by atoms with Gasteiger partial charge in [0.15, 0.2) is 11.5 Å². The molecule has 0 atom stereocenters. The van der Waals surface area contributed by atoms with E-state index >= 15 is 0 Å². The lowest BCUT2D eigenvalue weighted by Crippen LogP contribution is -2.13. The molecule has 0 saturated carbocycles. The molecule has 3 aromatic carbocycles. The molecule has 0 N–H and O–H groups in total. The van der Waals surface area contributed by atoms with Crippen molar-refractivity contribution in [3.05, 3.63) is 98.2 Å². The summed E-state index contributed by atoms with van der Waals surface area (Å²) in [4.78, 5) is 16.1. The Bertz CT molecular complexity index is 1470. The van der Waals surface area contributed by atoms with Gasteiger partial charge < -0.3 is 9.47 Å². The number of non-ortho nitro benzene ring substituents is 1. The van der Waals surface area contributed by atoms with Crippen molar-refractivity contribution in [1.82, 2.24) is 4.68 Å². The molecule has 4 aromatic rings. The maximum atomic E-state index is 11.1. The number of hydrogen-bond donors (Lipinski definition) is 0. The molecule has 1 aliphatic rings. The number of nitro groups is 1. The highest BCUT2D eigenvalue weighted by atomic mass is 32.1. The third-order valence-electron chi connectivity index (χ3n) is 5.36. The quantitative estimate of drug-likeness (QED) is 0.213. The van der Waals surface area contributed by atoms with Crippen LogP contribution in [-0.4, -0.2) is 22.1 Å². The molecule has 0 bridgehead atoms. The van der Waals surface area contributed by atoms with Gasteiger partial charge in [-0.25, -0.2) is 9.67 Å². The Morgan fingerprint density at radius 1 is 1.03 bits per heavy atom. The lowest BCUT2D eigenvalue weighted by atomic mass is 10.1. The van der Waals surface area contributed by atoms with Crippen molar-refractivity contribution in [2.45, 2.75) is 13.8 Å². The van der Waals surface area contributed by atoms with E-state index in [4.69, 9.17) is 19.6 Å². The molecule has 0 fully saturated rings. The number of aryl methyl sites for hydroxylation is 1. The largest absolute Gasteiger partial charge is 0.454 e. The van der Waals surface area contributed by atoms with Crippen molar-refractivity contribution < 1.29 is 14.4 Å². The highest BCUT2D eigenvalue weighted by Crippen LogP contribution is 2.33. The molecule has 2 heterocycles. The fourth-order valence-electron chi connectivity index (χ4n) is 3.49. The van der Waals surface area contributed by atoms with Crippen LogP contribution in [0.15, 0.2) is 82.2 Å². The number of aromatic nitrogens is 1. The summed E-state index contributed by atoms with van der Waals surface area (Å²) in [6, 6.07) is 20.0. The van der Waals surface area contributed by atoms with E-state index in [-0.39, 0.29) is 12.5 Å². The smallest absolute Gasteiger partial charge is 0.269 e. The van der Waals surface area contributed by atoms with Crippen molar-refractivity contribution in [3.63, 3.8) is 0 Å².